The van der Waals surface area contributed by atoms with E-state index in [4.69, 9.17) is 12.2 Å². The molecule has 0 saturated carbocycles. The molecule has 0 bridgehead atoms. The molecule has 0 spiro atoms. The van der Waals surface area contributed by atoms with E-state index in [1.807, 2.05) is 30.3 Å². The summed E-state index contributed by atoms with van der Waals surface area (Å²) in [7, 11) is 0. The first kappa shape index (κ1) is 5.45. The molecule has 39 valence electrons. The molecule has 0 N–H and O–H groups in total. The molecule has 0 saturated heterocycles. The van der Waals surface area contributed by atoms with Gasteiger partial charge in [-0.1, -0.05) is 36.5 Å². The van der Waals surface area contributed by atoms with E-state index < -0.39 is 0 Å². The van der Waals surface area contributed by atoms with Gasteiger partial charge in [0.15, 0.2) is 0 Å². The van der Waals surface area contributed by atoms with Gasteiger partial charge < -0.3 is 0 Å². The topological polar surface area (TPSA) is 0 Å². The highest BCUT2D eigenvalue weighted by molar-refractivity contribution is 7.71. The Morgan fingerprint density at radius 2 is 2.12 bits per heavy atom. The summed E-state index contributed by atoms with van der Waals surface area (Å²) in [5, 5.41) is 0. The van der Waals surface area contributed by atoms with Crippen LogP contribution in [0.5, 0.6) is 0 Å². The van der Waals surface area contributed by atoms with Gasteiger partial charge in [0.2, 0.25) is 0 Å². The summed E-state index contributed by atoms with van der Waals surface area (Å²) < 4.78 is 0.759. The van der Waals surface area contributed by atoms with Crippen molar-refractivity contribution in [3.05, 3.63) is 40.9 Å². The van der Waals surface area contributed by atoms with Crippen molar-refractivity contribution < 1.29 is 0 Å². The standard InChI is InChI=1S/C7H5S/c8-7-5-3-1-2-4-6-7/h1-5H. The van der Waals surface area contributed by atoms with Crippen LogP contribution in [0.4, 0.5) is 0 Å². The summed E-state index contributed by atoms with van der Waals surface area (Å²) >= 11 is 4.82. The minimum atomic E-state index is 0.759. The molecule has 0 aliphatic rings. The van der Waals surface area contributed by atoms with Crippen LogP contribution in [0, 0.1) is 10.6 Å². The second-order valence-electron chi connectivity index (χ2n) is 1.42. The second kappa shape index (κ2) is 2.58. The summed E-state index contributed by atoms with van der Waals surface area (Å²) in [5.74, 6) is 0. The molecule has 0 amide bonds. The molecule has 1 radical (unpaired) electrons. The molecule has 0 unspecified atom stereocenters. The Balaban J connectivity index is 3.32. The number of rotatable bonds is 0. The molecule has 0 atom stereocenters. The predicted molar refractivity (Wildman–Crippen MR) is 36.1 cm³/mol. The van der Waals surface area contributed by atoms with E-state index in [-0.39, 0.29) is 0 Å². The minimum Gasteiger partial charge on any atom is -0.0794 e. The smallest absolute Gasteiger partial charge is 0.0456 e. The summed E-state index contributed by atoms with van der Waals surface area (Å²) in [4.78, 5) is 0. The van der Waals surface area contributed by atoms with Gasteiger partial charge in [0.25, 0.3) is 0 Å². The molecule has 0 aromatic heterocycles. The zero-order chi connectivity index (χ0) is 5.82. The van der Waals surface area contributed by atoms with Crippen molar-refractivity contribution in [2.75, 3.05) is 0 Å². The van der Waals surface area contributed by atoms with Gasteiger partial charge in [0.1, 0.15) is 0 Å². The Kier molecular flexibility index (Phi) is 1.75. The Hall–Kier alpha value is -0.690. The van der Waals surface area contributed by atoms with Gasteiger partial charge in [-0.05, 0) is 6.07 Å². The molecule has 1 aromatic carbocycles. The third kappa shape index (κ3) is 1.43. The molecular weight excluding hydrogens is 116 g/mol. The molecule has 0 aliphatic heterocycles. The van der Waals surface area contributed by atoms with E-state index in [0.717, 1.165) is 4.51 Å². The molecule has 0 nitrogen and oxygen atoms in total. The highest BCUT2D eigenvalue weighted by Gasteiger charge is 1.67. The summed E-state index contributed by atoms with van der Waals surface area (Å²) in [5.41, 5.74) is 0. The lowest BCUT2D eigenvalue weighted by Gasteiger charge is -1.58. The molecular formula is C7H5S. The van der Waals surface area contributed by atoms with E-state index in [1.165, 1.54) is 0 Å². The highest BCUT2D eigenvalue weighted by Crippen LogP contribution is 1.85. The van der Waals surface area contributed by atoms with E-state index in [1.54, 1.807) is 0 Å². The lowest BCUT2D eigenvalue weighted by atomic mass is 10.5. The SMILES string of the molecule is S=c1[c]ccccc1. The molecule has 1 rings (SSSR count). The van der Waals surface area contributed by atoms with Crippen molar-refractivity contribution in [1.29, 1.82) is 0 Å². The predicted octanol–water partition coefficient (Wildman–Crippen LogP) is 2.22. The van der Waals surface area contributed by atoms with Crippen molar-refractivity contribution in [1.82, 2.24) is 0 Å². The Bertz CT molecular complexity index is 195. The monoisotopic (exact) mass is 121 g/mol. The minimum absolute atomic E-state index is 0.759. The van der Waals surface area contributed by atoms with Gasteiger partial charge >= 0.3 is 0 Å². The van der Waals surface area contributed by atoms with Crippen molar-refractivity contribution in [2.45, 2.75) is 0 Å². The largest absolute Gasteiger partial charge is 0.0794 e. The number of hydrogen-bond donors (Lipinski definition) is 0. The van der Waals surface area contributed by atoms with Crippen LogP contribution >= 0.6 is 12.2 Å². The van der Waals surface area contributed by atoms with Crippen LogP contribution in [-0.4, -0.2) is 0 Å². The molecule has 1 aromatic rings. The van der Waals surface area contributed by atoms with Crippen LogP contribution in [0.25, 0.3) is 0 Å². The third-order valence-corrected chi connectivity index (χ3v) is 1.05. The first-order valence-electron chi connectivity index (χ1n) is 2.36. The molecule has 0 aliphatic carbocycles. The molecule has 8 heavy (non-hydrogen) atoms. The van der Waals surface area contributed by atoms with Crippen LogP contribution in [0.2, 0.25) is 0 Å². The van der Waals surface area contributed by atoms with E-state index in [2.05, 4.69) is 6.07 Å². The zero-order valence-electron chi connectivity index (χ0n) is 4.29. The number of hydrogen-bond acceptors (Lipinski definition) is 1. The highest BCUT2D eigenvalue weighted by atomic mass is 32.1. The van der Waals surface area contributed by atoms with Crippen LogP contribution in [0.1, 0.15) is 0 Å². The van der Waals surface area contributed by atoms with Crippen LogP contribution in [0.15, 0.2) is 30.3 Å². The first-order chi connectivity index (χ1) is 3.89. The van der Waals surface area contributed by atoms with Gasteiger partial charge in [-0.15, -0.1) is 0 Å². The van der Waals surface area contributed by atoms with Gasteiger partial charge in [0.05, 0.1) is 0 Å². The zero-order valence-corrected chi connectivity index (χ0v) is 5.11. The van der Waals surface area contributed by atoms with E-state index >= 15 is 0 Å². The Morgan fingerprint density at radius 3 is 3.00 bits per heavy atom. The molecule has 0 heterocycles. The van der Waals surface area contributed by atoms with Crippen LogP contribution in [0.3, 0.4) is 0 Å². The second-order valence-corrected chi connectivity index (χ2v) is 1.86. The maximum atomic E-state index is 4.82. The summed E-state index contributed by atoms with van der Waals surface area (Å²) in [6.07, 6.45) is 0. The Labute approximate surface area is 53.8 Å². The average Bonchev–Trinajstić information content (AvgIpc) is 1.94. The summed E-state index contributed by atoms with van der Waals surface area (Å²) in [6, 6.07) is 12.3. The average molecular weight is 121 g/mol. The van der Waals surface area contributed by atoms with Crippen LogP contribution in [-0.2, 0) is 0 Å². The molecule has 1 heteroatoms. The quantitative estimate of drug-likeness (QED) is 0.474. The van der Waals surface area contributed by atoms with Crippen molar-refractivity contribution >= 4 is 12.2 Å². The van der Waals surface area contributed by atoms with Crippen molar-refractivity contribution in [3.63, 3.8) is 0 Å². The van der Waals surface area contributed by atoms with Crippen LogP contribution < -0.4 is 0 Å². The van der Waals surface area contributed by atoms with E-state index in [9.17, 15) is 0 Å². The molecule has 0 fully saturated rings. The first-order valence-corrected chi connectivity index (χ1v) is 2.77. The van der Waals surface area contributed by atoms with Crippen molar-refractivity contribution in [2.24, 2.45) is 0 Å². The maximum absolute atomic E-state index is 4.82. The fourth-order valence-corrected chi connectivity index (χ4v) is 0.588. The Morgan fingerprint density at radius 1 is 1.25 bits per heavy atom. The van der Waals surface area contributed by atoms with Crippen molar-refractivity contribution in [3.8, 4) is 0 Å². The van der Waals surface area contributed by atoms with Gasteiger partial charge in [-0.25, -0.2) is 0 Å². The maximum Gasteiger partial charge on any atom is 0.0456 e. The van der Waals surface area contributed by atoms with E-state index in [0.29, 0.717) is 0 Å². The fraction of sp³-hybridized carbons (Fsp3) is 0. The van der Waals surface area contributed by atoms with Gasteiger partial charge in [0, 0.05) is 10.6 Å². The van der Waals surface area contributed by atoms with Gasteiger partial charge in [-0.2, -0.15) is 0 Å². The normalized spacial score (nSPS) is 8.50. The lowest BCUT2D eigenvalue weighted by molar-refractivity contribution is 1.79. The summed E-state index contributed by atoms with van der Waals surface area (Å²) in [6.45, 7) is 0. The fourth-order valence-electron chi connectivity index (χ4n) is 0.441. The van der Waals surface area contributed by atoms with Gasteiger partial charge in [-0.3, -0.25) is 0 Å². The lowest BCUT2D eigenvalue weighted by Crippen LogP contribution is -1.43. The third-order valence-electron chi connectivity index (χ3n) is 0.792.